The summed E-state index contributed by atoms with van der Waals surface area (Å²) in [4.78, 5) is 27.7. The van der Waals surface area contributed by atoms with Crippen LogP contribution in [0.4, 0.5) is 14.6 Å². The Kier molecular flexibility index (Phi) is 7.48. The first-order valence-corrected chi connectivity index (χ1v) is 13.8. The monoisotopic (exact) mass is 572 g/mol. The van der Waals surface area contributed by atoms with E-state index in [0.29, 0.717) is 23.6 Å². The molecule has 1 atom stereocenters. The lowest BCUT2D eigenvalue weighted by molar-refractivity contribution is 0.101. The molecule has 2 N–H and O–H groups in total. The lowest BCUT2D eigenvalue weighted by Gasteiger charge is -2.34. The van der Waals surface area contributed by atoms with Gasteiger partial charge in [-0.2, -0.15) is 9.49 Å². The third-order valence-electron chi connectivity index (χ3n) is 7.44. The van der Waals surface area contributed by atoms with Crippen LogP contribution in [0.25, 0.3) is 28.3 Å². The number of carbonyl (C=O) groups excluding carboxylic acids is 1. The number of halogens is 2. The Bertz CT molecular complexity index is 1740. The molecule has 1 aliphatic rings. The molecule has 4 aromatic heterocycles. The molecule has 0 bridgehead atoms. The van der Waals surface area contributed by atoms with Crippen LogP contribution < -0.4 is 5.32 Å². The molecule has 42 heavy (non-hydrogen) atoms. The number of hydrogen-bond acceptors (Lipinski definition) is 7. The number of β-amino-alcohol motifs (C(OH)–C–C–N with tert-alkyl or cyclic N) is 1. The lowest BCUT2D eigenvalue weighted by atomic mass is 10.0. The van der Waals surface area contributed by atoms with Crippen LogP contribution in [0.3, 0.4) is 0 Å². The van der Waals surface area contributed by atoms with Crippen molar-refractivity contribution in [1.29, 1.82) is 0 Å². The molecule has 0 aliphatic carbocycles. The molecule has 216 valence electrons. The number of amides is 1. The minimum atomic E-state index is -0.749. The molecule has 1 aromatic carbocycles. The number of nitrogens with one attached hydrogen (secondary N) is 1. The average molecular weight is 573 g/mol. The van der Waals surface area contributed by atoms with Gasteiger partial charge in [0.1, 0.15) is 17.3 Å². The summed E-state index contributed by atoms with van der Waals surface area (Å²) >= 11 is 0. The summed E-state index contributed by atoms with van der Waals surface area (Å²) in [5.74, 6) is -0.515. The number of rotatable bonds is 7. The minimum Gasteiger partial charge on any atom is -0.392 e. The van der Waals surface area contributed by atoms with E-state index in [1.165, 1.54) is 24.4 Å². The number of aromatic nitrogens is 6. The van der Waals surface area contributed by atoms with Crippen molar-refractivity contribution in [2.45, 2.75) is 38.8 Å². The first-order chi connectivity index (χ1) is 20.2. The smallest absolute Gasteiger partial charge is 0.257 e. The predicted molar refractivity (Wildman–Crippen MR) is 153 cm³/mol. The van der Waals surface area contributed by atoms with Gasteiger partial charge in [-0.05, 0) is 69.2 Å². The molecule has 5 aromatic rings. The molecule has 0 unspecified atom stereocenters. The summed E-state index contributed by atoms with van der Waals surface area (Å²) in [6.45, 7) is 6.09. The fourth-order valence-corrected chi connectivity index (χ4v) is 5.58. The summed E-state index contributed by atoms with van der Waals surface area (Å²) in [6, 6.07) is 12.5. The average Bonchev–Trinajstić information content (AvgIpc) is 3.53. The molecule has 1 saturated heterocycles. The van der Waals surface area contributed by atoms with E-state index >= 15 is 0 Å². The van der Waals surface area contributed by atoms with Crippen LogP contribution in [-0.4, -0.2) is 70.8 Å². The summed E-state index contributed by atoms with van der Waals surface area (Å²) in [5, 5.41) is 17.4. The highest BCUT2D eigenvalue weighted by Crippen LogP contribution is 2.37. The number of fused-ring (bicyclic) bond motifs is 1. The molecule has 6 rings (SSSR count). The van der Waals surface area contributed by atoms with Crippen LogP contribution in [0.15, 0.2) is 60.9 Å². The summed E-state index contributed by atoms with van der Waals surface area (Å²) in [7, 11) is 0. The van der Waals surface area contributed by atoms with E-state index in [-0.39, 0.29) is 29.3 Å². The van der Waals surface area contributed by atoms with E-state index in [9.17, 15) is 18.7 Å². The number of hydrogen-bond donors (Lipinski definition) is 2. The van der Waals surface area contributed by atoms with Gasteiger partial charge in [-0.25, -0.2) is 23.9 Å². The van der Waals surface area contributed by atoms with Crippen molar-refractivity contribution < 1.29 is 18.7 Å². The second-order valence-corrected chi connectivity index (χ2v) is 10.6. The Labute approximate surface area is 240 Å². The van der Waals surface area contributed by atoms with Gasteiger partial charge in [0.25, 0.3) is 5.91 Å². The largest absolute Gasteiger partial charge is 0.392 e. The van der Waals surface area contributed by atoms with Gasteiger partial charge in [-0.3, -0.25) is 4.79 Å². The van der Waals surface area contributed by atoms with Gasteiger partial charge < -0.3 is 19.9 Å². The van der Waals surface area contributed by atoms with Crippen LogP contribution in [0, 0.1) is 18.7 Å². The van der Waals surface area contributed by atoms with Crippen LogP contribution in [-0.2, 0) is 0 Å². The maximum absolute atomic E-state index is 13.8. The number of aliphatic hydroxyl groups excluding tert-OH is 1. The van der Waals surface area contributed by atoms with Crippen molar-refractivity contribution in [3.8, 4) is 22.6 Å². The van der Waals surface area contributed by atoms with Crippen molar-refractivity contribution in [2.75, 3.05) is 25.0 Å². The number of likely N-dealkylation sites (tertiary alicyclic amines) is 1. The van der Waals surface area contributed by atoms with Gasteiger partial charge in [-0.1, -0.05) is 0 Å². The van der Waals surface area contributed by atoms with E-state index < -0.39 is 11.9 Å². The van der Waals surface area contributed by atoms with E-state index in [0.717, 1.165) is 49.1 Å². The second kappa shape index (κ2) is 11.4. The van der Waals surface area contributed by atoms with E-state index in [4.69, 9.17) is 10.1 Å². The highest BCUT2D eigenvalue weighted by Gasteiger charge is 2.28. The van der Waals surface area contributed by atoms with Gasteiger partial charge in [0, 0.05) is 49.1 Å². The van der Waals surface area contributed by atoms with E-state index in [2.05, 4.69) is 24.8 Å². The number of benzene rings is 1. The Balaban J connectivity index is 1.37. The lowest BCUT2D eigenvalue weighted by Crippen LogP contribution is -2.38. The first kappa shape index (κ1) is 27.6. The van der Waals surface area contributed by atoms with E-state index in [1.807, 2.05) is 13.0 Å². The van der Waals surface area contributed by atoms with E-state index in [1.54, 1.807) is 35.8 Å². The van der Waals surface area contributed by atoms with Gasteiger partial charge in [0.05, 0.1) is 23.7 Å². The number of aliphatic hydroxyl groups is 1. The standard InChI is InChI=1S/C30H30F2N8O2/c1-18(41)16-38-13-10-23(11-14-38)40-19(2)34-28(20-3-5-22(31)6-4-20)29(40)24-7-8-27-35-26(17-39(27)37-24)36-30(42)21-9-12-33-25(32)15-21/h3-9,12,15,17-18,23,41H,10-11,13-14,16H2,1-2H3,(H,36,42)/t18-/m0/s1. The maximum Gasteiger partial charge on any atom is 0.257 e. The van der Waals surface area contributed by atoms with Crippen LogP contribution >= 0.6 is 0 Å². The topological polar surface area (TPSA) is 113 Å². The van der Waals surface area contributed by atoms with Crippen molar-refractivity contribution in [3.05, 3.63) is 84.1 Å². The molecule has 1 fully saturated rings. The van der Waals surface area contributed by atoms with Gasteiger partial charge >= 0.3 is 0 Å². The van der Waals surface area contributed by atoms with Crippen LogP contribution in [0.2, 0.25) is 0 Å². The zero-order valence-electron chi connectivity index (χ0n) is 23.2. The third-order valence-corrected chi connectivity index (χ3v) is 7.44. The maximum atomic E-state index is 13.8. The molecule has 0 radical (unpaired) electrons. The Hall–Kier alpha value is -4.55. The normalized spacial score (nSPS) is 15.3. The summed E-state index contributed by atoms with van der Waals surface area (Å²) < 4.78 is 31.1. The number of pyridine rings is 1. The molecule has 0 saturated carbocycles. The summed E-state index contributed by atoms with van der Waals surface area (Å²) in [6.07, 6.45) is 4.18. The van der Waals surface area contributed by atoms with Gasteiger partial charge in [0.2, 0.25) is 5.95 Å². The van der Waals surface area contributed by atoms with Gasteiger partial charge in [0.15, 0.2) is 11.5 Å². The fourth-order valence-electron chi connectivity index (χ4n) is 5.58. The van der Waals surface area contributed by atoms with Crippen LogP contribution in [0.5, 0.6) is 0 Å². The highest BCUT2D eigenvalue weighted by molar-refractivity contribution is 6.03. The molecule has 5 heterocycles. The fraction of sp³-hybridized carbons (Fsp3) is 0.300. The number of piperidine rings is 1. The van der Waals surface area contributed by atoms with Gasteiger partial charge in [-0.15, -0.1) is 0 Å². The second-order valence-electron chi connectivity index (χ2n) is 10.6. The number of aryl methyl sites for hydroxylation is 1. The molecular formula is C30H30F2N8O2. The first-order valence-electron chi connectivity index (χ1n) is 13.8. The molecule has 12 heteroatoms. The Morgan fingerprint density at radius 2 is 1.86 bits per heavy atom. The SMILES string of the molecule is Cc1nc(-c2ccc(F)cc2)c(-c2ccc3nc(NC(=O)c4ccnc(F)c4)cn3n2)n1C1CCN(C[C@H](C)O)CC1. The zero-order chi connectivity index (χ0) is 29.4. The molecular weight excluding hydrogens is 542 g/mol. The predicted octanol–water partition coefficient (Wildman–Crippen LogP) is 4.51. The van der Waals surface area contributed by atoms with Crippen molar-refractivity contribution in [3.63, 3.8) is 0 Å². The molecule has 10 nitrogen and oxygen atoms in total. The zero-order valence-corrected chi connectivity index (χ0v) is 23.2. The van der Waals surface area contributed by atoms with Crippen molar-refractivity contribution in [2.24, 2.45) is 0 Å². The minimum absolute atomic E-state index is 0.121. The number of nitrogens with zero attached hydrogens (tertiary/aromatic N) is 7. The number of anilines is 1. The Morgan fingerprint density at radius 1 is 1.10 bits per heavy atom. The van der Waals surface area contributed by atoms with Crippen LogP contribution in [0.1, 0.15) is 42.0 Å². The molecule has 0 spiro atoms. The quantitative estimate of drug-likeness (QED) is 0.276. The number of imidazole rings is 2. The van der Waals surface area contributed by atoms with Crippen molar-refractivity contribution >= 4 is 17.4 Å². The van der Waals surface area contributed by atoms with Crippen molar-refractivity contribution in [1.82, 2.24) is 34.0 Å². The Morgan fingerprint density at radius 3 is 2.57 bits per heavy atom. The highest BCUT2D eigenvalue weighted by atomic mass is 19.1. The third kappa shape index (κ3) is 5.63. The molecule has 1 aliphatic heterocycles. The number of carbonyl (C=O) groups is 1. The summed E-state index contributed by atoms with van der Waals surface area (Å²) in [5.41, 5.74) is 3.54. The molecule has 1 amide bonds.